The highest BCUT2D eigenvalue weighted by atomic mass is 16.3. The average Bonchev–Trinajstić information content (AvgIpc) is 2.88. The van der Waals surface area contributed by atoms with E-state index in [2.05, 4.69) is 36.4 Å². The fourth-order valence-electron chi connectivity index (χ4n) is 3.43. The molecule has 0 radical (unpaired) electrons. The summed E-state index contributed by atoms with van der Waals surface area (Å²) in [6, 6.07) is 18.4. The van der Waals surface area contributed by atoms with Gasteiger partial charge in [-0.2, -0.15) is 0 Å². The third kappa shape index (κ3) is 3.22. The predicted molar refractivity (Wildman–Crippen MR) is 88.3 cm³/mol. The van der Waals surface area contributed by atoms with Crippen LogP contribution in [0.2, 0.25) is 0 Å². The normalized spacial score (nSPS) is 23.6. The Morgan fingerprint density at radius 1 is 0.864 bits per heavy atom. The van der Waals surface area contributed by atoms with Crippen molar-refractivity contribution in [2.75, 3.05) is 0 Å². The largest absolute Gasteiger partial charge is 0.393 e. The van der Waals surface area contributed by atoms with Crippen LogP contribution in [0.3, 0.4) is 0 Å². The molecule has 1 fully saturated rings. The third-order valence-corrected chi connectivity index (χ3v) is 4.67. The summed E-state index contributed by atoms with van der Waals surface area (Å²) in [4.78, 5) is 0. The van der Waals surface area contributed by atoms with E-state index in [0.29, 0.717) is 19.3 Å². The predicted octanol–water partition coefficient (Wildman–Crippen LogP) is 2.36. The molecule has 3 heteroatoms. The highest BCUT2D eigenvalue weighted by Crippen LogP contribution is 2.30. The van der Waals surface area contributed by atoms with E-state index in [0.717, 1.165) is 5.56 Å². The smallest absolute Gasteiger partial charge is 0.0609 e. The second kappa shape index (κ2) is 6.61. The monoisotopic (exact) mass is 297 g/mol. The fraction of sp³-hybridized carbons (Fsp3) is 0.368. The quantitative estimate of drug-likeness (QED) is 0.811. The topological polar surface area (TPSA) is 66.5 Å². The fourth-order valence-corrected chi connectivity index (χ4v) is 3.43. The number of rotatable bonds is 4. The van der Waals surface area contributed by atoms with Gasteiger partial charge in [0, 0.05) is 12.0 Å². The molecule has 0 heterocycles. The third-order valence-electron chi connectivity index (χ3n) is 4.67. The van der Waals surface area contributed by atoms with Crippen LogP contribution in [-0.2, 0) is 6.42 Å². The van der Waals surface area contributed by atoms with E-state index in [1.807, 2.05) is 18.2 Å². The molecule has 0 amide bonds. The first-order valence-electron chi connectivity index (χ1n) is 7.91. The Kier molecular flexibility index (Phi) is 4.57. The minimum absolute atomic E-state index is 0.213. The molecule has 0 unspecified atom stereocenters. The lowest BCUT2D eigenvalue weighted by molar-refractivity contribution is 0.0503. The molecule has 4 N–H and O–H groups in total. The SMILES string of the molecule is N[C@@H](Cc1ccc(-c2ccccc2)cc1)C1[C@@H](O)CC[C@@H]1O. The summed E-state index contributed by atoms with van der Waals surface area (Å²) in [5, 5.41) is 19.9. The highest BCUT2D eigenvalue weighted by Gasteiger charge is 2.37. The van der Waals surface area contributed by atoms with Crippen LogP contribution < -0.4 is 5.73 Å². The van der Waals surface area contributed by atoms with E-state index in [1.54, 1.807) is 0 Å². The molecule has 116 valence electrons. The lowest BCUT2D eigenvalue weighted by atomic mass is 9.89. The van der Waals surface area contributed by atoms with Crippen LogP contribution in [-0.4, -0.2) is 28.5 Å². The summed E-state index contributed by atoms with van der Waals surface area (Å²) >= 11 is 0. The van der Waals surface area contributed by atoms with Crippen LogP contribution in [0.5, 0.6) is 0 Å². The van der Waals surface area contributed by atoms with Crippen molar-refractivity contribution in [3.8, 4) is 11.1 Å². The van der Waals surface area contributed by atoms with Gasteiger partial charge in [0.15, 0.2) is 0 Å². The Morgan fingerprint density at radius 3 is 2.00 bits per heavy atom. The van der Waals surface area contributed by atoms with Gasteiger partial charge in [0.25, 0.3) is 0 Å². The van der Waals surface area contributed by atoms with Gasteiger partial charge < -0.3 is 15.9 Å². The van der Waals surface area contributed by atoms with Crippen molar-refractivity contribution in [2.24, 2.45) is 11.7 Å². The number of benzene rings is 2. The zero-order chi connectivity index (χ0) is 15.5. The second-order valence-corrected chi connectivity index (χ2v) is 6.22. The molecular formula is C19H23NO2. The Labute approximate surface area is 131 Å². The molecule has 0 spiro atoms. The number of aliphatic hydroxyl groups excluding tert-OH is 2. The van der Waals surface area contributed by atoms with E-state index in [1.165, 1.54) is 11.1 Å². The van der Waals surface area contributed by atoms with Gasteiger partial charge in [0.2, 0.25) is 0 Å². The standard InChI is InChI=1S/C19H23NO2/c20-16(19-17(21)10-11-18(19)22)12-13-6-8-15(9-7-13)14-4-2-1-3-5-14/h1-9,16-19,21-22H,10-12,20H2/t16-,17-,18-/m0/s1. The van der Waals surface area contributed by atoms with E-state index >= 15 is 0 Å². The van der Waals surface area contributed by atoms with E-state index in [4.69, 9.17) is 5.73 Å². The van der Waals surface area contributed by atoms with Crippen molar-refractivity contribution in [2.45, 2.75) is 37.5 Å². The summed E-state index contributed by atoms with van der Waals surface area (Å²) in [5.41, 5.74) is 9.73. The molecule has 1 aliphatic carbocycles. The minimum Gasteiger partial charge on any atom is -0.393 e. The number of nitrogens with two attached hydrogens (primary N) is 1. The summed E-state index contributed by atoms with van der Waals surface area (Å²) in [6.45, 7) is 0. The number of hydrogen-bond acceptors (Lipinski definition) is 3. The molecule has 0 aromatic heterocycles. The summed E-state index contributed by atoms with van der Waals surface area (Å²) < 4.78 is 0. The van der Waals surface area contributed by atoms with E-state index < -0.39 is 12.2 Å². The van der Waals surface area contributed by atoms with Gasteiger partial charge in [-0.15, -0.1) is 0 Å². The van der Waals surface area contributed by atoms with E-state index in [-0.39, 0.29) is 12.0 Å². The zero-order valence-electron chi connectivity index (χ0n) is 12.6. The lowest BCUT2D eigenvalue weighted by Crippen LogP contribution is -2.41. The van der Waals surface area contributed by atoms with Crippen LogP contribution >= 0.6 is 0 Å². The molecule has 1 saturated carbocycles. The van der Waals surface area contributed by atoms with Crippen molar-refractivity contribution < 1.29 is 10.2 Å². The Bertz CT molecular complexity index is 587. The van der Waals surface area contributed by atoms with Crippen LogP contribution in [0.1, 0.15) is 18.4 Å². The Balaban J connectivity index is 1.69. The van der Waals surface area contributed by atoms with Crippen molar-refractivity contribution in [3.63, 3.8) is 0 Å². The molecule has 3 atom stereocenters. The van der Waals surface area contributed by atoms with Crippen molar-refractivity contribution >= 4 is 0 Å². The maximum Gasteiger partial charge on any atom is 0.0609 e. The summed E-state index contributed by atoms with van der Waals surface area (Å²) in [7, 11) is 0. The van der Waals surface area contributed by atoms with Crippen molar-refractivity contribution in [1.82, 2.24) is 0 Å². The highest BCUT2D eigenvalue weighted by molar-refractivity contribution is 5.63. The average molecular weight is 297 g/mol. The molecule has 0 aliphatic heterocycles. The minimum atomic E-state index is -0.478. The Morgan fingerprint density at radius 2 is 1.41 bits per heavy atom. The first-order chi connectivity index (χ1) is 10.6. The molecule has 0 bridgehead atoms. The van der Waals surface area contributed by atoms with Gasteiger partial charge in [0.1, 0.15) is 0 Å². The first kappa shape index (κ1) is 15.2. The molecule has 1 aliphatic rings. The van der Waals surface area contributed by atoms with Crippen molar-refractivity contribution in [3.05, 3.63) is 60.2 Å². The lowest BCUT2D eigenvalue weighted by Gasteiger charge is -2.25. The van der Waals surface area contributed by atoms with Crippen LogP contribution in [0.25, 0.3) is 11.1 Å². The van der Waals surface area contributed by atoms with Crippen LogP contribution in [0.4, 0.5) is 0 Å². The molecule has 22 heavy (non-hydrogen) atoms. The summed E-state index contributed by atoms with van der Waals surface area (Å²) in [6.07, 6.45) is 1.01. The van der Waals surface area contributed by atoms with Gasteiger partial charge >= 0.3 is 0 Å². The maximum absolute atomic E-state index is 9.96. The van der Waals surface area contributed by atoms with Gasteiger partial charge in [-0.25, -0.2) is 0 Å². The number of aliphatic hydroxyl groups is 2. The van der Waals surface area contributed by atoms with Gasteiger partial charge in [-0.3, -0.25) is 0 Å². The van der Waals surface area contributed by atoms with Gasteiger partial charge in [-0.05, 0) is 36.0 Å². The van der Waals surface area contributed by atoms with Gasteiger partial charge in [0.05, 0.1) is 12.2 Å². The van der Waals surface area contributed by atoms with Gasteiger partial charge in [-0.1, -0.05) is 54.6 Å². The van der Waals surface area contributed by atoms with Crippen LogP contribution in [0, 0.1) is 5.92 Å². The van der Waals surface area contributed by atoms with Crippen molar-refractivity contribution in [1.29, 1.82) is 0 Å². The molecule has 0 saturated heterocycles. The maximum atomic E-state index is 9.96. The molecule has 3 rings (SSSR count). The molecule has 2 aromatic carbocycles. The van der Waals surface area contributed by atoms with E-state index in [9.17, 15) is 10.2 Å². The molecule has 2 aromatic rings. The Hall–Kier alpha value is -1.68. The summed E-state index contributed by atoms with van der Waals surface area (Å²) in [5.74, 6) is -0.214. The number of hydrogen-bond donors (Lipinski definition) is 3. The molecule has 3 nitrogen and oxygen atoms in total. The molecular weight excluding hydrogens is 274 g/mol. The second-order valence-electron chi connectivity index (χ2n) is 6.22. The first-order valence-corrected chi connectivity index (χ1v) is 7.91. The zero-order valence-corrected chi connectivity index (χ0v) is 12.6. The van der Waals surface area contributed by atoms with Crippen LogP contribution in [0.15, 0.2) is 54.6 Å².